The van der Waals surface area contributed by atoms with Crippen LogP contribution in [0.15, 0.2) is 24.3 Å². The van der Waals surface area contributed by atoms with E-state index in [0.29, 0.717) is 5.92 Å². The van der Waals surface area contributed by atoms with Crippen LogP contribution in [0.3, 0.4) is 0 Å². The number of rotatable bonds is 3. The SMILES string of the molecule is CCc1ccccc1-n1nc(C2CCN(C)CC2)c2c1NCC2. The topological polar surface area (TPSA) is 33.1 Å². The number of benzene rings is 1. The van der Waals surface area contributed by atoms with E-state index < -0.39 is 0 Å². The van der Waals surface area contributed by atoms with Gasteiger partial charge in [0.25, 0.3) is 0 Å². The molecular weight excluding hydrogens is 284 g/mol. The second-order valence-electron chi connectivity index (χ2n) is 6.86. The van der Waals surface area contributed by atoms with E-state index in [0.717, 1.165) is 19.4 Å². The molecule has 0 unspecified atom stereocenters. The predicted molar refractivity (Wildman–Crippen MR) is 94.6 cm³/mol. The highest BCUT2D eigenvalue weighted by molar-refractivity contribution is 5.59. The van der Waals surface area contributed by atoms with Crippen molar-refractivity contribution in [2.24, 2.45) is 0 Å². The Morgan fingerprint density at radius 1 is 1.22 bits per heavy atom. The Bertz CT molecular complexity index is 695. The van der Waals surface area contributed by atoms with Crippen LogP contribution in [0.5, 0.6) is 0 Å². The molecule has 1 N–H and O–H groups in total. The first-order valence-electron chi connectivity index (χ1n) is 8.90. The Morgan fingerprint density at radius 3 is 2.78 bits per heavy atom. The highest BCUT2D eigenvalue weighted by Crippen LogP contribution is 2.37. The molecule has 0 radical (unpaired) electrons. The molecule has 0 atom stereocenters. The zero-order chi connectivity index (χ0) is 15.8. The Balaban J connectivity index is 1.76. The van der Waals surface area contributed by atoms with Gasteiger partial charge in [-0.05, 0) is 57.5 Å². The number of aryl methyl sites for hydroxylation is 1. The first-order chi connectivity index (χ1) is 11.3. The van der Waals surface area contributed by atoms with E-state index in [9.17, 15) is 0 Å². The van der Waals surface area contributed by atoms with E-state index in [2.05, 4.69) is 53.1 Å². The summed E-state index contributed by atoms with van der Waals surface area (Å²) in [5.74, 6) is 1.86. The van der Waals surface area contributed by atoms with Gasteiger partial charge in [0.2, 0.25) is 0 Å². The third kappa shape index (κ3) is 2.55. The van der Waals surface area contributed by atoms with Crippen molar-refractivity contribution in [3.63, 3.8) is 0 Å². The zero-order valence-electron chi connectivity index (χ0n) is 14.2. The summed E-state index contributed by atoms with van der Waals surface area (Å²) in [6.45, 7) is 5.63. The molecular formula is C19H26N4. The average molecular weight is 310 g/mol. The van der Waals surface area contributed by atoms with Gasteiger partial charge in [0, 0.05) is 18.0 Å². The van der Waals surface area contributed by atoms with Crippen LogP contribution in [0.1, 0.15) is 42.5 Å². The van der Waals surface area contributed by atoms with Crippen LogP contribution < -0.4 is 5.32 Å². The lowest BCUT2D eigenvalue weighted by molar-refractivity contribution is 0.252. The third-order valence-electron chi connectivity index (χ3n) is 5.39. The molecule has 4 nitrogen and oxygen atoms in total. The third-order valence-corrected chi connectivity index (χ3v) is 5.39. The van der Waals surface area contributed by atoms with Crippen molar-refractivity contribution in [2.45, 2.75) is 38.5 Å². The standard InChI is InChI=1S/C19H26N4/c1-3-14-6-4-5-7-17(14)23-19-16(8-11-20-19)18(21-23)15-9-12-22(2)13-10-15/h4-7,15,20H,3,8-13H2,1-2H3. The van der Waals surface area contributed by atoms with Gasteiger partial charge in [-0.3, -0.25) is 0 Å². The Kier molecular flexibility index (Phi) is 3.85. The average Bonchev–Trinajstić information content (AvgIpc) is 3.18. The summed E-state index contributed by atoms with van der Waals surface area (Å²) in [5, 5.41) is 8.67. The van der Waals surface area contributed by atoms with Crippen LogP contribution in [-0.2, 0) is 12.8 Å². The van der Waals surface area contributed by atoms with Gasteiger partial charge in [0.1, 0.15) is 5.82 Å². The first-order valence-corrected chi connectivity index (χ1v) is 8.90. The lowest BCUT2D eigenvalue weighted by Gasteiger charge is -2.28. The van der Waals surface area contributed by atoms with Gasteiger partial charge in [0.05, 0.1) is 11.4 Å². The number of para-hydroxylation sites is 1. The van der Waals surface area contributed by atoms with Crippen molar-refractivity contribution in [3.8, 4) is 5.69 Å². The molecule has 1 aromatic carbocycles. The number of hydrogen-bond acceptors (Lipinski definition) is 3. The van der Waals surface area contributed by atoms with Crippen molar-refractivity contribution in [2.75, 3.05) is 32.0 Å². The van der Waals surface area contributed by atoms with E-state index in [1.165, 1.54) is 54.3 Å². The predicted octanol–water partition coefficient (Wildman–Crippen LogP) is 3.21. The summed E-state index contributed by atoms with van der Waals surface area (Å²) in [4.78, 5) is 2.43. The maximum Gasteiger partial charge on any atom is 0.133 e. The maximum absolute atomic E-state index is 5.10. The number of likely N-dealkylation sites (tertiary alicyclic amines) is 1. The van der Waals surface area contributed by atoms with E-state index in [4.69, 9.17) is 5.10 Å². The lowest BCUT2D eigenvalue weighted by Crippen LogP contribution is -2.29. The molecule has 0 saturated carbocycles. The zero-order valence-corrected chi connectivity index (χ0v) is 14.2. The second kappa shape index (κ2) is 6.00. The van der Waals surface area contributed by atoms with Gasteiger partial charge in [-0.25, -0.2) is 4.68 Å². The van der Waals surface area contributed by atoms with E-state index in [1.54, 1.807) is 0 Å². The summed E-state index contributed by atoms with van der Waals surface area (Å²) in [6, 6.07) is 8.66. The highest BCUT2D eigenvalue weighted by Gasteiger charge is 2.29. The fourth-order valence-corrected chi connectivity index (χ4v) is 4.00. The number of nitrogens with one attached hydrogen (secondary N) is 1. The molecule has 2 aromatic rings. The van der Waals surface area contributed by atoms with Crippen LogP contribution in [0, 0.1) is 0 Å². The van der Waals surface area contributed by atoms with E-state index >= 15 is 0 Å². The quantitative estimate of drug-likeness (QED) is 0.945. The fourth-order valence-electron chi connectivity index (χ4n) is 4.00. The van der Waals surface area contributed by atoms with Gasteiger partial charge >= 0.3 is 0 Å². The number of fused-ring (bicyclic) bond motifs is 1. The molecule has 4 heteroatoms. The molecule has 0 amide bonds. The molecule has 1 saturated heterocycles. The first kappa shape index (κ1) is 14.8. The molecule has 0 aliphatic carbocycles. The van der Waals surface area contributed by atoms with Crippen molar-refractivity contribution in [1.29, 1.82) is 0 Å². The molecule has 122 valence electrons. The molecule has 1 aromatic heterocycles. The van der Waals surface area contributed by atoms with Crippen LogP contribution in [0.25, 0.3) is 5.69 Å². The number of hydrogen-bond donors (Lipinski definition) is 1. The number of nitrogens with zero attached hydrogens (tertiary/aromatic N) is 3. The number of anilines is 1. The number of piperidine rings is 1. The van der Waals surface area contributed by atoms with E-state index in [-0.39, 0.29) is 0 Å². The Labute approximate surface area is 138 Å². The molecule has 1 fully saturated rings. The van der Waals surface area contributed by atoms with E-state index in [1.807, 2.05) is 0 Å². The van der Waals surface area contributed by atoms with Crippen molar-refractivity contribution < 1.29 is 0 Å². The van der Waals surface area contributed by atoms with Gasteiger partial charge in [0.15, 0.2) is 0 Å². The lowest BCUT2D eigenvalue weighted by atomic mass is 9.91. The largest absolute Gasteiger partial charge is 0.369 e. The van der Waals surface area contributed by atoms with Crippen molar-refractivity contribution in [1.82, 2.24) is 14.7 Å². The smallest absolute Gasteiger partial charge is 0.133 e. The maximum atomic E-state index is 5.10. The minimum absolute atomic E-state index is 0.620. The van der Waals surface area contributed by atoms with Crippen LogP contribution in [0.2, 0.25) is 0 Å². The van der Waals surface area contributed by atoms with Crippen LogP contribution in [-0.4, -0.2) is 41.4 Å². The second-order valence-corrected chi connectivity index (χ2v) is 6.86. The summed E-state index contributed by atoms with van der Waals surface area (Å²) in [7, 11) is 2.22. The highest BCUT2D eigenvalue weighted by atomic mass is 15.3. The summed E-state index contributed by atoms with van der Waals surface area (Å²) in [6.07, 6.45) is 4.62. The minimum Gasteiger partial charge on any atom is -0.369 e. The summed E-state index contributed by atoms with van der Waals surface area (Å²) in [5.41, 5.74) is 5.41. The van der Waals surface area contributed by atoms with Gasteiger partial charge < -0.3 is 10.2 Å². The molecule has 3 heterocycles. The van der Waals surface area contributed by atoms with Crippen LogP contribution in [0.4, 0.5) is 5.82 Å². The molecule has 4 rings (SSSR count). The normalized spacial score (nSPS) is 18.9. The molecule has 23 heavy (non-hydrogen) atoms. The number of aromatic nitrogens is 2. The Morgan fingerprint density at radius 2 is 2.00 bits per heavy atom. The monoisotopic (exact) mass is 310 g/mol. The summed E-state index contributed by atoms with van der Waals surface area (Å²) < 4.78 is 2.18. The molecule has 0 bridgehead atoms. The molecule has 0 spiro atoms. The Hall–Kier alpha value is -1.81. The van der Waals surface area contributed by atoms with Gasteiger partial charge in [-0.1, -0.05) is 25.1 Å². The van der Waals surface area contributed by atoms with Crippen LogP contribution >= 0.6 is 0 Å². The molecule has 2 aliphatic heterocycles. The van der Waals surface area contributed by atoms with Crippen molar-refractivity contribution in [3.05, 3.63) is 41.1 Å². The fraction of sp³-hybridized carbons (Fsp3) is 0.526. The minimum atomic E-state index is 0.620. The van der Waals surface area contributed by atoms with Gasteiger partial charge in [-0.2, -0.15) is 5.10 Å². The van der Waals surface area contributed by atoms with Gasteiger partial charge in [-0.15, -0.1) is 0 Å². The van der Waals surface area contributed by atoms with Crippen molar-refractivity contribution >= 4 is 5.82 Å². The molecule has 2 aliphatic rings. The summed E-state index contributed by atoms with van der Waals surface area (Å²) >= 11 is 0.